The Hall–Kier alpha value is -0.650. The molecule has 78 valence electrons. The summed E-state index contributed by atoms with van der Waals surface area (Å²) in [6.45, 7) is 0.446. The summed E-state index contributed by atoms with van der Waals surface area (Å²) in [5, 5.41) is 0. The first kappa shape index (κ1) is 10.9. The monoisotopic (exact) mass is 329 g/mol. The SMILES string of the molecule is NCc1[nH]c(-c2cccc(Br)c2)nc1Br. The fraction of sp³-hybridized carbons (Fsp3) is 0.100. The van der Waals surface area contributed by atoms with Gasteiger partial charge in [0, 0.05) is 16.6 Å². The third kappa shape index (κ3) is 2.30. The number of H-pyrrole nitrogens is 1. The van der Waals surface area contributed by atoms with Crippen molar-refractivity contribution in [1.82, 2.24) is 9.97 Å². The standard InChI is InChI=1S/C10H9Br2N3/c11-7-3-1-2-6(4-7)10-14-8(5-13)9(12)15-10/h1-4H,5,13H2,(H,14,15). The van der Waals surface area contributed by atoms with Crippen LogP contribution < -0.4 is 5.73 Å². The maximum Gasteiger partial charge on any atom is 0.138 e. The first-order valence-corrected chi connectivity index (χ1v) is 5.99. The van der Waals surface area contributed by atoms with Crippen LogP contribution in [-0.2, 0) is 6.54 Å². The van der Waals surface area contributed by atoms with Crippen LogP contribution in [0.3, 0.4) is 0 Å². The van der Waals surface area contributed by atoms with Crippen LogP contribution >= 0.6 is 31.9 Å². The van der Waals surface area contributed by atoms with Gasteiger partial charge in [-0.3, -0.25) is 0 Å². The lowest BCUT2D eigenvalue weighted by molar-refractivity contribution is 1.00. The van der Waals surface area contributed by atoms with Crippen molar-refractivity contribution < 1.29 is 0 Å². The average Bonchev–Trinajstić information content (AvgIpc) is 2.60. The minimum atomic E-state index is 0.446. The summed E-state index contributed by atoms with van der Waals surface area (Å²) in [4.78, 5) is 7.52. The summed E-state index contributed by atoms with van der Waals surface area (Å²) >= 11 is 6.78. The van der Waals surface area contributed by atoms with Crippen LogP contribution in [0.15, 0.2) is 33.3 Å². The Morgan fingerprint density at radius 1 is 1.33 bits per heavy atom. The van der Waals surface area contributed by atoms with Crippen molar-refractivity contribution >= 4 is 31.9 Å². The number of nitrogens with zero attached hydrogens (tertiary/aromatic N) is 1. The number of hydrogen-bond acceptors (Lipinski definition) is 2. The lowest BCUT2D eigenvalue weighted by Gasteiger charge is -1.96. The molecule has 1 aromatic carbocycles. The number of imidazole rings is 1. The zero-order valence-electron chi connectivity index (χ0n) is 7.80. The fourth-order valence-corrected chi connectivity index (χ4v) is 2.13. The highest BCUT2D eigenvalue weighted by Gasteiger charge is 2.07. The molecule has 15 heavy (non-hydrogen) atoms. The van der Waals surface area contributed by atoms with Crippen molar-refractivity contribution in [3.8, 4) is 11.4 Å². The summed E-state index contributed by atoms with van der Waals surface area (Å²) in [7, 11) is 0. The van der Waals surface area contributed by atoms with Crippen molar-refractivity contribution in [3.63, 3.8) is 0 Å². The maximum atomic E-state index is 5.56. The van der Waals surface area contributed by atoms with Crippen LogP contribution in [0.5, 0.6) is 0 Å². The Bertz CT molecular complexity index is 479. The third-order valence-electron chi connectivity index (χ3n) is 2.03. The predicted molar refractivity (Wildman–Crippen MR) is 67.3 cm³/mol. The van der Waals surface area contributed by atoms with Gasteiger partial charge in [-0.15, -0.1) is 0 Å². The second-order valence-electron chi connectivity index (χ2n) is 3.07. The van der Waals surface area contributed by atoms with Crippen molar-refractivity contribution in [2.45, 2.75) is 6.54 Å². The number of aromatic nitrogens is 2. The van der Waals surface area contributed by atoms with Crippen LogP contribution in [-0.4, -0.2) is 9.97 Å². The van der Waals surface area contributed by atoms with E-state index in [9.17, 15) is 0 Å². The molecular weight excluding hydrogens is 322 g/mol. The van der Waals surface area contributed by atoms with E-state index in [1.165, 1.54) is 0 Å². The Kier molecular flexibility index (Phi) is 3.23. The van der Waals surface area contributed by atoms with E-state index in [-0.39, 0.29) is 0 Å². The Morgan fingerprint density at radius 3 is 2.73 bits per heavy atom. The zero-order chi connectivity index (χ0) is 10.8. The number of nitrogens with one attached hydrogen (secondary N) is 1. The van der Waals surface area contributed by atoms with Crippen molar-refractivity contribution in [1.29, 1.82) is 0 Å². The number of aromatic amines is 1. The minimum absolute atomic E-state index is 0.446. The van der Waals surface area contributed by atoms with Crippen molar-refractivity contribution in [2.24, 2.45) is 5.73 Å². The molecule has 0 spiro atoms. The van der Waals surface area contributed by atoms with Gasteiger partial charge in [0.25, 0.3) is 0 Å². The molecule has 3 nitrogen and oxygen atoms in total. The molecule has 0 fully saturated rings. The molecule has 0 radical (unpaired) electrons. The quantitative estimate of drug-likeness (QED) is 0.889. The van der Waals surface area contributed by atoms with Gasteiger partial charge in [0.2, 0.25) is 0 Å². The molecule has 0 aliphatic rings. The van der Waals surface area contributed by atoms with Crippen LogP contribution in [0.2, 0.25) is 0 Å². The normalized spacial score (nSPS) is 10.6. The smallest absolute Gasteiger partial charge is 0.138 e. The van der Waals surface area contributed by atoms with Crippen LogP contribution in [0.25, 0.3) is 11.4 Å². The number of halogens is 2. The van der Waals surface area contributed by atoms with E-state index in [0.29, 0.717) is 6.54 Å². The summed E-state index contributed by atoms with van der Waals surface area (Å²) in [6, 6.07) is 7.95. The third-order valence-corrected chi connectivity index (χ3v) is 3.18. The highest BCUT2D eigenvalue weighted by Crippen LogP contribution is 2.23. The first-order valence-electron chi connectivity index (χ1n) is 4.41. The molecule has 0 aliphatic heterocycles. The highest BCUT2D eigenvalue weighted by atomic mass is 79.9. The fourth-order valence-electron chi connectivity index (χ4n) is 1.30. The van der Waals surface area contributed by atoms with Gasteiger partial charge < -0.3 is 10.7 Å². The molecule has 2 rings (SSSR count). The average molecular weight is 331 g/mol. The Morgan fingerprint density at radius 2 is 2.13 bits per heavy atom. The largest absolute Gasteiger partial charge is 0.340 e. The zero-order valence-corrected chi connectivity index (χ0v) is 11.0. The molecule has 3 N–H and O–H groups in total. The molecule has 0 amide bonds. The van der Waals surface area contributed by atoms with Gasteiger partial charge in [0.15, 0.2) is 0 Å². The van der Waals surface area contributed by atoms with Crippen LogP contribution in [0.4, 0.5) is 0 Å². The molecule has 0 atom stereocenters. The molecule has 0 saturated heterocycles. The second kappa shape index (κ2) is 4.47. The van der Waals surface area contributed by atoms with E-state index in [4.69, 9.17) is 5.73 Å². The van der Waals surface area contributed by atoms with Gasteiger partial charge in [0.1, 0.15) is 10.4 Å². The molecule has 5 heteroatoms. The number of hydrogen-bond donors (Lipinski definition) is 2. The summed E-state index contributed by atoms with van der Waals surface area (Å²) in [6.07, 6.45) is 0. The van der Waals surface area contributed by atoms with Crippen molar-refractivity contribution in [3.05, 3.63) is 39.0 Å². The second-order valence-corrected chi connectivity index (χ2v) is 4.74. The van der Waals surface area contributed by atoms with Gasteiger partial charge in [-0.2, -0.15) is 0 Å². The van der Waals surface area contributed by atoms with E-state index in [2.05, 4.69) is 41.8 Å². The first-order chi connectivity index (χ1) is 7.20. The van der Waals surface area contributed by atoms with Crippen LogP contribution in [0.1, 0.15) is 5.69 Å². The van der Waals surface area contributed by atoms with Crippen molar-refractivity contribution in [2.75, 3.05) is 0 Å². The minimum Gasteiger partial charge on any atom is -0.340 e. The van der Waals surface area contributed by atoms with Gasteiger partial charge >= 0.3 is 0 Å². The Balaban J connectivity index is 2.45. The molecule has 0 aliphatic carbocycles. The lowest BCUT2D eigenvalue weighted by atomic mass is 10.2. The predicted octanol–water partition coefficient (Wildman–Crippen LogP) is 3.06. The highest BCUT2D eigenvalue weighted by molar-refractivity contribution is 9.10. The summed E-state index contributed by atoms with van der Waals surface area (Å²) in [5.74, 6) is 0.823. The van der Waals surface area contributed by atoms with E-state index in [1.807, 2.05) is 24.3 Å². The molecule has 0 unspecified atom stereocenters. The maximum absolute atomic E-state index is 5.56. The van der Waals surface area contributed by atoms with Gasteiger partial charge in [-0.25, -0.2) is 4.98 Å². The topological polar surface area (TPSA) is 54.7 Å². The van der Waals surface area contributed by atoms with E-state index in [0.717, 1.165) is 26.2 Å². The molecule has 0 bridgehead atoms. The lowest BCUT2D eigenvalue weighted by Crippen LogP contribution is -1.96. The van der Waals surface area contributed by atoms with E-state index in [1.54, 1.807) is 0 Å². The molecule has 0 saturated carbocycles. The molecule has 1 aromatic heterocycles. The Labute approximate surface area is 104 Å². The molecule has 2 aromatic rings. The number of nitrogens with two attached hydrogens (primary N) is 1. The molecular formula is C10H9Br2N3. The summed E-state index contributed by atoms with van der Waals surface area (Å²) in [5.41, 5.74) is 7.50. The van der Waals surface area contributed by atoms with Gasteiger partial charge in [-0.1, -0.05) is 28.1 Å². The molecule has 1 heterocycles. The van der Waals surface area contributed by atoms with Crippen LogP contribution in [0, 0.1) is 0 Å². The number of rotatable bonds is 2. The van der Waals surface area contributed by atoms with E-state index < -0.39 is 0 Å². The van der Waals surface area contributed by atoms with Gasteiger partial charge in [-0.05, 0) is 28.1 Å². The number of benzene rings is 1. The van der Waals surface area contributed by atoms with E-state index >= 15 is 0 Å². The summed E-state index contributed by atoms with van der Waals surface area (Å²) < 4.78 is 1.81. The van der Waals surface area contributed by atoms with Gasteiger partial charge in [0.05, 0.1) is 5.69 Å².